The molecule has 2 aromatic carbocycles. The van der Waals surface area contributed by atoms with E-state index >= 15 is 0 Å². The van der Waals surface area contributed by atoms with Crippen LogP contribution in [-0.4, -0.2) is 21.1 Å². The first-order valence-corrected chi connectivity index (χ1v) is 8.44. The summed E-state index contributed by atoms with van der Waals surface area (Å²) >= 11 is 1.22. The van der Waals surface area contributed by atoms with E-state index in [0.717, 1.165) is 11.3 Å². The van der Waals surface area contributed by atoms with Gasteiger partial charge in [-0.25, -0.2) is 4.98 Å². The lowest BCUT2D eigenvalue weighted by molar-refractivity contribution is -0.115. The number of hydrogen-bond donors (Lipinski definition) is 2. The molecule has 0 aliphatic carbocycles. The maximum absolute atomic E-state index is 12.3. The second-order valence-electron chi connectivity index (χ2n) is 5.50. The number of para-hydroxylation sites is 1. The van der Waals surface area contributed by atoms with Crippen LogP contribution in [0.3, 0.4) is 0 Å². The number of fused-ring (bicyclic) bond motifs is 1. The Hall–Kier alpha value is -2.60. The van der Waals surface area contributed by atoms with Gasteiger partial charge in [0.15, 0.2) is 5.16 Å². The maximum atomic E-state index is 12.3. The number of amides is 1. The second kappa shape index (κ2) is 6.88. The molecule has 0 spiro atoms. The van der Waals surface area contributed by atoms with Crippen molar-refractivity contribution in [2.45, 2.75) is 24.3 Å². The predicted molar refractivity (Wildman–Crippen MR) is 97.5 cm³/mol. The van der Waals surface area contributed by atoms with E-state index in [1.54, 1.807) is 25.1 Å². The minimum atomic E-state index is -0.393. The molecule has 0 aliphatic heterocycles. The molecule has 1 aromatic heterocycles. The Morgan fingerprint density at radius 1 is 1.17 bits per heavy atom. The number of nitrogens with one attached hydrogen (secondary N) is 2. The van der Waals surface area contributed by atoms with Crippen molar-refractivity contribution in [2.24, 2.45) is 0 Å². The van der Waals surface area contributed by atoms with Gasteiger partial charge in [0.2, 0.25) is 5.91 Å². The number of aromatic amines is 1. The van der Waals surface area contributed by atoms with Gasteiger partial charge in [-0.1, -0.05) is 41.6 Å². The Bertz CT molecular complexity index is 935. The highest BCUT2D eigenvalue weighted by Gasteiger charge is 2.16. The van der Waals surface area contributed by atoms with Crippen molar-refractivity contribution in [2.75, 3.05) is 5.32 Å². The van der Waals surface area contributed by atoms with Gasteiger partial charge in [-0.3, -0.25) is 9.59 Å². The molecular weight excluding hydrogens is 322 g/mol. The van der Waals surface area contributed by atoms with Crippen LogP contribution in [0.15, 0.2) is 58.5 Å². The van der Waals surface area contributed by atoms with Gasteiger partial charge in [-0.15, -0.1) is 0 Å². The molecule has 122 valence electrons. The number of carbonyl (C=O) groups excluding carboxylic acids is 1. The van der Waals surface area contributed by atoms with Gasteiger partial charge in [-0.05, 0) is 38.1 Å². The van der Waals surface area contributed by atoms with E-state index in [0.29, 0.717) is 16.1 Å². The molecule has 0 radical (unpaired) electrons. The Labute approximate surface area is 143 Å². The van der Waals surface area contributed by atoms with Gasteiger partial charge >= 0.3 is 0 Å². The molecule has 24 heavy (non-hydrogen) atoms. The molecule has 0 bridgehead atoms. The highest BCUT2D eigenvalue weighted by molar-refractivity contribution is 8.00. The molecule has 0 saturated carbocycles. The first-order chi connectivity index (χ1) is 11.5. The summed E-state index contributed by atoms with van der Waals surface area (Å²) in [6.07, 6.45) is 0. The average Bonchev–Trinajstić information content (AvgIpc) is 2.57. The first kappa shape index (κ1) is 16.3. The maximum Gasteiger partial charge on any atom is 0.259 e. The number of carbonyl (C=O) groups is 1. The van der Waals surface area contributed by atoms with Gasteiger partial charge < -0.3 is 10.3 Å². The van der Waals surface area contributed by atoms with Crippen LogP contribution in [0.5, 0.6) is 0 Å². The van der Waals surface area contributed by atoms with Crippen molar-refractivity contribution in [3.05, 3.63) is 64.4 Å². The second-order valence-corrected chi connectivity index (χ2v) is 6.83. The molecule has 1 amide bonds. The fraction of sp³-hybridized carbons (Fsp3) is 0.167. The minimum Gasteiger partial charge on any atom is -0.325 e. The van der Waals surface area contributed by atoms with Crippen LogP contribution in [0.25, 0.3) is 10.9 Å². The highest BCUT2D eigenvalue weighted by atomic mass is 32.2. The highest BCUT2D eigenvalue weighted by Crippen LogP contribution is 2.21. The Morgan fingerprint density at radius 2 is 1.88 bits per heavy atom. The normalized spacial score (nSPS) is 12.1. The van der Waals surface area contributed by atoms with E-state index in [1.165, 1.54) is 11.8 Å². The number of aryl methyl sites for hydroxylation is 1. The molecule has 5 nitrogen and oxygen atoms in total. The van der Waals surface area contributed by atoms with Gasteiger partial charge in [0.1, 0.15) is 0 Å². The standard InChI is InChI=1S/C18H17N3O2S/c1-11-7-9-13(10-8-11)19-16(22)12(2)24-18-20-15-6-4-3-5-14(15)17(23)21-18/h3-10,12H,1-2H3,(H,19,22)(H,20,21,23). The fourth-order valence-electron chi connectivity index (χ4n) is 2.22. The number of benzene rings is 2. The lowest BCUT2D eigenvalue weighted by Gasteiger charge is -2.11. The molecule has 2 N–H and O–H groups in total. The van der Waals surface area contributed by atoms with Crippen LogP contribution >= 0.6 is 11.8 Å². The molecule has 1 heterocycles. The van der Waals surface area contributed by atoms with Crippen LogP contribution in [0.2, 0.25) is 0 Å². The third-order valence-corrected chi connectivity index (χ3v) is 4.55. The Morgan fingerprint density at radius 3 is 2.62 bits per heavy atom. The Kier molecular flexibility index (Phi) is 4.66. The number of rotatable bonds is 4. The van der Waals surface area contributed by atoms with Crippen molar-refractivity contribution in [3.63, 3.8) is 0 Å². The molecule has 0 fully saturated rings. The smallest absolute Gasteiger partial charge is 0.259 e. The van der Waals surface area contributed by atoms with E-state index in [2.05, 4.69) is 15.3 Å². The summed E-state index contributed by atoms with van der Waals surface area (Å²) in [5, 5.41) is 3.44. The Balaban J connectivity index is 1.74. The predicted octanol–water partition coefficient (Wildman–Crippen LogP) is 3.35. The van der Waals surface area contributed by atoms with Crippen molar-refractivity contribution in [1.29, 1.82) is 0 Å². The molecule has 0 aliphatic rings. The van der Waals surface area contributed by atoms with Crippen LogP contribution in [-0.2, 0) is 4.79 Å². The molecule has 3 rings (SSSR count). The third-order valence-electron chi connectivity index (χ3n) is 3.57. The zero-order chi connectivity index (χ0) is 17.1. The summed E-state index contributed by atoms with van der Waals surface area (Å²) in [5.41, 5.74) is 2.30. The quantitative estimate of drug-likeness (QED) is 0.565. The van der Waals surface area contributed by atoms with Crippen LogP contribution < -0.4 is 10.9 Å². The summed E-state index contributed by atoms with van der Waals surface area (Å²) in [7, 11) is 0. The lowest BCUT2D eigenvalue weighted by atomic mass is 10.2. The van der Waals surface area contributed by atoms with Crippen molar-refractivity contribution < 1.29 is 4.79 Å². The van der Waals surface area contributed by atoms with Crippen LogP contribution in [0.1, 0.15) is 12.5 Å². The number of nitrogens with zero attached hydrogens (tertiary/aromatic N) is 1. The van der Waals surface area contributed by atoms with Gasteiger partial charge in [-0.2, -0.15) is 0 Å². The average molecular weight is 339 g/mol. The summed E-state index contributed by atoms with van der Waals surface area (Å²) in [4.78, 5) is 31.5. The number of hydrogen-bond acceptors (Lipinski definition) is 4. The van der Waals surface area contributed by atoms with Crippen LogP contribution in [0.4, 0.5) is 5.69 Å². The summed E-state index contributed by atoms with van der Waals surface area (Å²) < 4.78 is 0. The first-order valence-electron chi connectivity index (χ1n) is 7.56. The SMILES string of the molecule is Cc1ccc(NC(=O)C(C)Sc2nc3ccccc3c(=O)[nH]2)cc1. The largest absolute Gasteiger partial charge is 0.325 e. The summed E-state index contributed by atoms with van der Waals surface area (Å²) in [6, 6.07) is 14.7. The van der Waals surface area contributed by atoms with Crippen molar-refractivity contribution in [3.8, 4) is 0 Å². The van der Waals surface area contributed by atoms with Gasteiger partial charge in [0.25, 0.3) is 5.56 Å². The van der Waals surface area contributed by atoms with Crippen molar-refractivity contribution >= 4 is 34.3 Å². The molecule has 1 atom stereocenters. The van der Waals surface area contributed by atoms with E-state index in [-0.39, 0.29) is 11.5 Å². The van der Waals surface area contributed by atoms with E-state index in [9.17, 15) is 9.59 Å². The molecule has 3 aromatic rings. The van der Waals surface area contributed by atoms with Gasteiger partial charge in [0.05, 0.1) is 16.2 Å². The summed E-state index contributed by atoms with van der Waals surface area (Å²) in [5.74, 6) is -0.139. The van der Waals surface area contributed by atoms with E-state index in [4.69, 9.17) is 0 Å². The summed E-state index contributed by atoms with van der Waals surface area (Å²) in [6.45, 7) is 3.77. The lowest BCUT2D eigenvalue weighted by Crippen LogP contribution is -2.23. The third kappa shape index (κ3) is 3.65. The van der Waals surface area contributed by atoms with Crippen molar-refractivity contribution in [1.82, 2.24) is 9.97 Å². The number of aromatic nitrogens is 2. The molecule has 0 saturated heterocycles. The minimum absolute atomic E-state index is 0.139. The topological polar surface area (TPSA) is 74.8 Å². The van der Waals surface area contributed by atoms with Crippen LogP contribution in [0, 0.1) is 6.92 Å². The number of thioether (sulfide) groups is 1. The zero-order valence-corrected chi connectivity index (χ0v) is 14.2. The van der Waals surface area contributed by atoms with E-state index in [1.807, 2.05) is 37.3 Å². The fourth-order valence-corrected chi connectivity index (χ4v) is 3.03. The number of anilines is 1. The molecule has 1 unspecified atom stereocenters. The van der Waals surface area contributed by atoms with E-state index < -0.39 is 5.25 Å². The number of H-pyrrole nitrogens is 1. The molecular formula is C18H17N3O2S. The van der Waals surface area contributed by atoms with Gasteiger partial charge in [0, 0.05) is 5.69 Å². The molecule has 6 heteroatoms. The zero-order valence-electron chi connectivity index (χ0n) is 13.4. The monoisotopic (exact) mass is 339 g/mol.